The Hall–Kier alpha value is -1.98. The van der Waals surface area contributed by atoms with Crippen LogP contribution in [0.4, 0.5) is 13.2 Å². The van der Waals surface area contributed by atoms with Gasteiger partial charge in [0.1, 0.15) is 0 Å². The molecule has 1 heterocycles. The van der Waals surface area contributed by atoms with Gasteiger partial charge in [0.2, 0.25) is 0 Å². The Morgan fingerprint density at radius 1 is 1.24 bits per heavy atom. The van der Waals surface area contributed by atoms with Crippen LogP contribution < -0.4 is 0 Å². The smallest absolute Gasteiger partial charge is 0.306 e. The Bertz CT molecular complexity index is 664. The van der Waals surface area contributed by atoms with Crippen LogP contribution in [0.15, 0.2) is 12.1 Å². The maximum atomic E-state index is 14.1. The maximum Gasteiger partial charge on any atom is 0.306 e. The molecule has 0 spiro atoms. The molecule has 0 unspecified atom stereocenters. The highest BCUT2D eigenvalue weighted by Gasteiger charge is 2.18. The molecule has 3 nitrogen and oxygen atoms in total. The van der Waals surface area contributed by atoms with Crippen LogP contribution in [0.25, 0.3) is 10.9 Å². The van der Waals surface area contributed by atoms with Crippen molar-refractivity contribution in [2.45, 2.75) is 39.2 Å². The molecule has 2 aromatic rings. The first-order chi connectivity index (χ1) is 9.90. The van der Waals surface area contributed by atoms with E-state index in [4.69, 9.17) is 4.74 Å². The molecule has 21 heavy (non-hydrogen) atoms. The molecule has 0 aliphatic carbocycles. The summed E-state index contributed by atoms with van der Waals surface area (Å²) < 4.78 is 45.7. The number of aromatic amines is 1. The number of esters is 1. The van der Waals surface area contributed by atoms with E-state index in [1.165, 1.54) is 6.07 Å². The third-order valence-corrected chi connectivity index (χ3v) is 3.04. The molecule has 0 aliphatic rings. The molecule has 2 rings (SSSR count). The molecule has 1 aromatic heterocycles. The number of hydrogen-bond acceptors (Lipinski definition) is 2. The van der Waals surface area contributed by atoms with Crippen molar-refractivity contribution >= 4 is 16.9 Å². The van der Waals surface area contributed by atoms with Crippen LogP contribution in [0.5, 0.6) is 0 Å². The van der Waals surface area contributed by atoms with Crippen LogP contribution in [-0.2, 0) is 16.0 Å². The summed E-state index contributed by atoms with van der Waals surface area (Å²) in [6.45, 7) is 3.49. The summed E-state index contributed by atoms with van der Waals surface area (Å²) in [7, 11) is 0. The van der Waals surface area contributed by atoms with E-state index in [0.29, 0.717) is 6.42 Å². The highest BCUT2D eigenvalue weighted by Crippen LogP contribution is 2.26. The van der Waals surface area contributed by atoms with Gasteiger partial charge in [-0.15, -0.1) is 0 Å². The lowest BCUT2D eigenvalue weighted by Gasteiger charge is -2.07. The number of carbonyl (C=O) groups is 1. The van der Waals surface area contributed by atoms with Crippen molar-refractivity contribution < 1.29 is 22.7 Å². The summed E-state index contributed by atoms with van der Waals surface area (Å²) >= 11 is 0. The van der Waals surface area contributed by atoms with Crippen LogP contribution in [0.1, 0.15) is 32.4 Å². The number of rotatable bonds is 5. The fourth-order valence-corrected chi connectivity index (χ4v) is 2.14. The minimum Gasteiger partial charge on any atom is -0.463 e. The fourth-order valence-electron chi connectivity index (χ4n) is 2.14. The summed E-state index contributed by atoms with van der Waals surface area (Å²) in [6.07, 6.45) is 0.525. The lowest BCUT2D eigenvalue weighted by molar-refractivity contribution is -0.147. The zero-order valence-electron chi connectivity index (χ0n) is 11.8. The standard InChI is InChI=1S/C15H16F3NO2/c1-8(2)21-12(20)5-3-4-11-15(18)13-10(19-11)7-6-9(16)14(13)17/h6-8,19H,3-5H2,1-2H3. The van der Waals surface area contributed by atoms with Gasteiger partial charge in [0, 0.05) is 6.42 Å². The molecule has 0 aliphatic heterocycles. The lowest BCUT2D eigenvalue weighted by Crippen LogP contribution is -2.11. The van der Waals surface area contributed by atoms with Gasteiger partial charge in [0.15, 0.2) is 17.5 Å². The van der Waals surface area contributed by atoms with Gasteiger partial charge in [0.25, 0.3) is 0 Å². The van der Waals surface area contributed by atoms with Crippen LogP contribution in [-0.4, -0.2) is 17.1 Å². The molecule has 0 bridgehead atoms. The number of halogens is 3. The van der Waals surface area contributed by atoms with E-state index in [9.17, 15) is 18.0 Å². The number of carbonyl (C=O) groups excluding carboxylic acids is 1. The number of H-pyrrole nitrogens is 1. The van der Waals surface area contributed by atoms with E-state index in [1.807, 2.05) is 0 Å². The van der Waals surface area contributed by atoms with Gasteiger partial charge >= 0.3 is 5.97 Å². The van der Waals surface area contributed by atoms with Crippen LogP contribution in [0.3, 0.4) is 0 Å². The molecule has 0 radical (unpaired) electrons. The average Bonchev–Trinajstić information content (AvgIpc) is 2.71. The first kappa shape index (κ1) is 15.4. The Balaban J connectivity index is 2.08. The van der Waals surface area contributed by atoms with E-state index in [-0.39, 0.29) is 41.5 Å². The van der Waals surface area contributed by atoms with E-state index < -0.39 is 17.5 Å². The van der Waals surface area contributed by atoms with Crippen molar-refractivity contribution in [3.63, 3.8) is 0 Å². The van der Waals surface area contributed by atoms with Gasteiger partial charge in [-0.25, -0.2) is 13.2 Å². The van der Waals surface area contributed by atoms with Gasteiger partial charge < -0.3 is 9.72 Å². The minimum atomic E-state index is -1.20. The molecule has 0 amide bonds. The summed E-state index contributed by atoms with van der Waals surface area (Å²) in [5.74, 6) is -3.46. The molecular weight excluding hydrogens is 283 g/mol. The van der Waals surface area contributed by atoms with Crippen molar-refractivity contribution in [1.82, 2.24) is 4.98 Å². The van der Waals surface area contributed by atoms with Crippen molar-refractivity contribution in [3.8, 4) is 0 Å². The van der Waals surface area contributed by atoms with Gasteiger partial charge in [0.05, 0.1) is 22.7 Å². The lowest BCUT2D eigenvalue weighted by atomic mass is 10.1. The number of nitrogens with one attached hydrogen (secondary N) is 1. The average molecular weight is 299 g/mol. The predicted molar refractivity (Wildman–Crippen MR) is 72.3 cm³/mol. The van der Waals surface area contributed by atoms with Crippen molar-refractivity contribution in [2.75, 3.05) is 0 Å². The van der Waals surface area contributed by atoms with Crippen LogP contribution in [0, 0.1) is 17.5 Å². The maximum absolute atomic E-state index is 14.1. The second-order valence-corrected chi connectivity index (χ2v) is 5.09. The molecule has 0 saturated heterocycles. The van der Waals surface area contributed by atoms with E-state index in [0.717, 1.165) is 6.07 Å². The highest BCUT2D eigenvalue weighted by molar-refractivity contribution is 5.82. The summed E-state index contributed by atoms with van der Waals surface area (Å²) in [5.41, 5.74) is 0.359. The monoisotopic (exact) mass is 299 g/mol. The molecule has 1 aromatic carbocycles. The zero-order chi connectivity index (χ0) is 15.6. The molecule has 1 N–H and O–H groups in total. The summed E-state index contributed by atoms with van der Waals surface area (Å²) in [4.78, 5) is 14.1. The molecule has 0 atom stereocenters. The normalized spacial score (nSPS) is 11.3. The number of ether oxygens (including phenoxy) is 1. The topological polar surface area (TPSA) is 42.1 Å². The molecule has 6 heteroatoms. The second kappa shape index (κ2) is 6.20. The zero-order valence-corrected chi connectivity index (χ0v) is 11.8. The van der Waals surface area contributed by atoms with Gasteiger partial charge in [-0.3, -0.25) is 4.79 Å². The van der Waals surface area contributed by atoms with Gasteiger partial charge in [-0.2, -0.15) is 0 Å². The first-order valence-corrected chi connectivity index (χ1v) is 6.73. The Morgan fingerprint density at radius 3 is 2.62 bits per heavy atom. The molecule has 0 fully saturated rings. The SMILES string of the molecule is CC(C)OC(=O)CCCc1[nH]c2ccc(F)c(F)c2c1F. The number of aromatic nitrogens is 1. The first-order valence-electron chi connectivity index (χ1n) is 6.73. The number of benzene rings is 1. The van der Waals surface area contributed by atoms with Crippen molar-refractivity contribution in [3.05, 3.63) is 35.3 Å². The van der Waals surface area contributed by atoms with Crippen molar-refractivity contribution in [2.24, 2.45) is 0 Å². The number of fused-ring (bicyclic) bond motifs is 1. The number of hydrogen-bond donors (Lipinski definition) is 1. The summed E-state index contributed by atoms with van der Waals surface area (Å²) in [6, 6.07) is 2.23. The van der Waals surface area contributed by atoms with Gasteiger partial charge in [-0.05, 0) is 38.8 Å². The largest absolute Gasteiger partial charge is 0.463 e. The minimum absolute atomic E-state index is 0.143. The quantitative estimate of drug-likeness (QED) is 0.852. The van der Waals surface area contributed by atoms with Crippen LogP contribution in [0.2, 0.25) is 0 Å². The van der Waals surface area contributed by atoms with Crippen molar-refractivity contribution in [1.29, 1.82) is 0 Å². The molecule has 0 saturated carbocycles. The third-order valence-electron chi connectivity index (χ3n) is 3.04. The van der Waals surface area contributed by atoms with E-state index in [1.54, 1.807) is 13.8 Å². The summed E-state index contributed by atoms with van der Waals surface area (Å²) in [5, 5.41) is -0.380. The fraction of sp³-hybridized carbons (Fsp3) is 0.400. The number of aryl methyl sites for hydroxylation is 1. The van der Waals surface area contributed by atoms with Gasteiger partial charge in [-0.1, -0.05) is 0 Å². The third kappa shape index (κ3) is 3.37. The van der Waals surface area contributed by atoms with E-state index >= 15 is 0 Å². The molecular formula is C15H16F3NO2. The molecule has 114 valence electrons. The Labute approximate surface area is 120 Å². The predicted octanol–water partition coefficient (Wildman–Crippen LogP) is 3.86. The Kier molecular flexibility index (Phi) is 4.55. The second-order valence-electron chi connectivity index (χ2n) is 5.09. The van der Waals surface area contributed by atoms with E-state index in [2.05, 4.69) is 4.98 Å². The van der Waals surface area contributed by atoms with Crippen LogP contribution >= 0.6 is 0 Å². The Morgan fingerprint density at radius 2 is 1.95 bits per heavy atom. The highest BCUT2D eigenvalue weighted by atomic mass is 19.2.